The van der Waals surface area contributed by atoms with Crippen LogP contribution < -0.4 is 10.3 Å². The Bertz CT molecular complexity index is 1310. The van der Waals surface area contributed by atoms with E-state index in [4.69, 9.17) is 4.74 Å². The summed E-state index contributed by atoms with van der Waals surface area (Å²) in [6.45, 7) is 0.351. The van der Waals surface area contributed by atoms with Gasteiger partial charge in [-0.1, -0.05) is 12.1 Å². The van der Waals surface area contributed by atoms with Gasteiger partial charge in [-0.25, -0.2) is 4.98 Å². The molecule has 3 aromatic rings. The number of thioether (sulfide) groups is 1. The third-order valence-corrected chi connectivity index (χ3v) is 7.90. The van der Waals surface area contributed by atoms with Gasteiger partial charge in [-0.15, -0.1) is 11.3 Å². The zero-order valence-electron chi connectivity index (χ0n) is 17.5. The molecule has 0 N–H and O–H groups in total. The maximum atomic E-state index is 13.1. The van der Waals surface area contributed by atoms with E-state index in [1.54, 1.807) is 36.7 Å². The SMILES string of the molecule is COc1ccc(/C=C2/SC(=O)N(CCn3cnc4sc5c(c4c3=O)CCCC5)C2=O)cc1. The van der Waals surface area contributed by atoms with Gasteiger partial charge in [0.25, 0.3) is 16.7 Å². The van der Waals surface area contributed by atoms with E-state index in [-0.39, 0.29) is 29.8 Å². The Morgan fingerprint density at radius 3 is 2.66 bits per heavy atom. The zero-order chi connectivity index (χ0) is 22.2. The Labute approximate surface area is 192 Å². The van der Waals surface area contributed by atoms with Crippen molar-refractivity contribution in [3.63, 3.8) is 0 Å². The summed E-state index contributed by atoms with van der Waals surface area (Å²) in [4.78, 5) is 46.5. The number of amides is 2. The van der Waals surface area contributed by atoms with Gasteiger partial charge in [-0.2, -0.15) is 0 Å². The molecule has 32 heavy (non-hydrogen) atoms. The number of hydrogen-bond acceptors (Lipinski definition) is 7. The van der Waals surface area contributed by atoms with Crippen LogP contribution in [0, 0.1) is 0 Å². The van der Waals surface area contributed by atoms with Crippen molar-refractivity contribution in [3.8, 4) is 5.75 Å². The summed E-state index contributed by atoms with van der Waals surface area (Å²) in [6.07, 6.45) is 7.38. The second-order valence-electron chi connectivity index (χ2n) is 7.74. The first-order valence-electron chi connectivity index (χ1n) is 10.4. The van der Waals surface area contributed by atoms with Crippen molar-refractivity contribution < 1.29 is 14.3 Å². The molecule has 5 rings (SSSR count). The van der Waals surface area contributed by atoms with E-state index in [1.807, 2.05) is 12.1 Å². The number of imide groups is 1. The van der Waals surface area contributed by atoms with Crippen molar-refractivity contribution in [3.05, 3.63) is 61.9 Å². The maximum Gasteiger partial charge on any atom is 0.293 e. The van der Waals surface area contributed by atoms with Crippen LogP contribution in [-0.4, -0.2) is 39.3 Å². The van der Waals surface area contributed by atoms with Gasteiger partial charge in [0.1, 0.15) is 10.6 Å². The number of fused-ring (bicyclic) bond motifs is 3. The lowest BCUT2D eigenvalue weighted by atomic mass is 9.97. The minimum atomic E-state index is -0.342. The van der Waals surface area contributed by atoms with Gasteiger partial charge in [0.2, 0.25) is 0 Å². The maximum absolute atomic E-state index is 13.1. The van der Waals surface area contributed by atoms with E-state index in [9.17, 15) is 14.4 Å². The van der Waals surface area contributed by atoms with Crippen LogP contribution in [0.4, 0.5) is 4.79 Å². The van der Waals surface area contributed by atoms with Crippen LogP contribution in [0.15, 0.2) is 40.3 Å². The average Bonchev–Trinajstić information content (AvgIpc) is 3.31. The first-order chi connectivity index (χ1) is 15.5. The number of thiophene rings is 1. The zero-order valence-corrected chi connectivity index (χ0v) is 19.1. The number of aromatic nitrogens is 2. The molecule has 7 nitrogen and oxygen atoms in total. The Morgan fingerprint density at radius 2 is 1.88 bits per heavy atom. The van der Waals surface area contributed by atoms with E-state index >= 15 is 0 Å². The summed E-state index contributed by atoms with van der Waals surface area (Å²) in [7, 11) is 1.59. The fraction of sp³-hybridized carbons (Fsp3) is 0.304. The molecule has 1 saturated heterocycles. The van der Waals surface area contributed by atoms with E-state index in [0.29, 0.717) is 10.3 Å². The van der Waals surface area contributed by atoms with E-state index < -0.39 is 0 Å². The number of nitrogens with zero attached hydrogens (tertiary/aromatic N) is 3. The molecule has 0 unspecified atom stereocenters. The number of carbonyl (C=O) groups excluding carboxylic acids is 2. The molecule has 1 aliphatic carbocycles. The third kappa shape index (κ3) is 3.75. The van der Waals surface area contributed by atoms with E-state index in [2.05, 4.69) is 4.98 Å². The number of ether oxygens (including phenoxy) is 1. The molecule has 1 fully saturated rings. The molecule has 0 spiro atoms. The lowest BCUT2D eigenvalue weighted by molar-refractivity contribution is -0.122. The molecule has 2 aliphatic rings. The Hall–Kier alpha value is -2.91. The molecular formula is C23H21N3O4S2. The summed E-state index contributed by atoms with van der Waals surface area (Å²) >= 11 is 2.52. The van der Waals surface area contributed by atoms with Crippen molar-refractivity contribution in [1.82, 2.24) is 14.5 Å². The monoisotopic (exact) mass is 467 g/mol. The van der Waals surface area contributed by atoms with Gasteiger partial charge < -0.3 is 4.74 Å². The van der Waals surface area contributed by atoms with Gasteiger partial charge in [0, 0.05) is 18.0 Å². The van der Waals surface area contributed by atoms with Crippen LogP contribution in [0.3, 0.4) is 0 Å². The summed E-state index contributed by atoms with van der Waals surface area (Å²) < 4.78 is 6.66. The Balaban J connectivity index is 1.34. The molecule has 0 saturated carbocycles. The first kappa shape index (κ1) is 21.0. The van der Waals surface area contributed by atoms with Crippen LogP contribution in [0.5, 0.6) is 5.75 Å². The van der Waals surface area contributed by atoms with Crippen LogP contribution in [0.1, 0.15) is 28.8 Å². The number of carbonyl (C=O) groups is 2. The summed E-state index contributed by atoms with van der Waals surface area (Å²) in [5.41, 5.74) is 1.86. The quantitative estimate of drug-likeness (QED) is 0.526. The predicted molar refractivity (Wildman–Crippen MR) is 126 cm³/mol. The molecule has 2 amide bonds. The van der Waals surface area contributed by atoms with Crippen molar-refractivity contribution in [2.24, 2.45) is 0 Å². The molecule has 0 bridgehead atoms. The second-order valence-corrected chi connectivity index (χ2v) is 9.82. The Kier molecular flexibility index (Phi) is 5.60. The smallest absolute Gasteiger partial charge is 0.293 e. The third-order valence-electron chi connectivity index (χ3n) is 5.79. The first-order valence-corrected chi connectivity index (χ1v) is 12.1. The average molecular weight is 468 g/mol. The molecule has 2 aromatic heterocycles. The Morgan fingerprint density at radius 1 is 1.09 bits per heavy atom. The number of hydrogen-bond donors (Lipinski definition) is 0. The van der Waals surface area contributed by atoms with Crippen molar-refractivity contribution >= 4 is 50.5 Å². The van der Waals surface area contributed by atoms with Crippen LogP contribution in [0.25, 0.3) is 16.3 Å². The van der Waals surface area contributed by atoms with Gasteiger partial charge >= 0.3 is 0 Å². The number of methoxy groups -OCH3 is 1. The second kappa shape index (κ2) is 8.55. The van der Waals surface area contributed by atoms with Gasteiger partial charge in [-0.3, -0.25) is 23.9 Å². The largest absolute Gasteiger partial charge is 0.497 e. The summed E-state index contributed by atoms with van der Waals surface area (Å²) in [5, 5.41) is 0.380. The minimum absolute atomic E-state index is 0.0878. The van der Waals surface area contributed by atoms with Crippen LogP contribution in [0.2, 0.25) is 0 Å². The van der Waals surface area contributed by atoms with Gasteiger partial charge in [0.05, 0.1) is 23.7 Å². The van der Waals surface area contributed by atoms with Gasteiger partial charge in [0.15, 0.2) is 0 Å². The van der Waals surface area contributed by atoms with Crippen molar-refractivity contribution in [2.45, 2.75) is 32.2 Å². The lowest BCUT2D eigenvalue weighted by Gasteiger charge is -2.14. The van der Waals surface area contributed by atoms with E-state index in [1.165, 1.54) is 20.7 Å². The van der Waals surface area contributed by atoms with Crippen molar-refractivity contribution in [1.29, 1.82) is 0 Å². The molecular weight excluding hydrogens is 446 g/mol. The lowest BCUT2D eigenvalue weighted by Crippen LogP contribution is -2.34. The van der Waals surface area contributed by atoms with Gasteiger partial charge in [-0.05, 0) is 66.8 Å². The van der Waals surface area contributed by atoms with Crippen molar-refractivity contribution in [2.75, 3.05) is 13.7 Å². The molecule has 164 valence electrons. The van der Waals surface area contributed by atoms with Crippen LogP contribution >= 0.6 is 23.1 Å². The molecule has 9 heteroatoms. The predicted octanol–water partition coefficient (Wildman–Crippen LogP) is 4.08. The standard InChI is InChI=1S/C23H21N3O4S2/c1-30-15-8-6-14(7-9-15)12-18-21(27)26(23(29)32-18)11-10-25-13-24-20-19(22(25)28)16-4-2-3-5-17(16)31-20/h6-9,12-13H,2-5,10-11H2,1H3/b18-12+. The van der Waals surface area contributed by atoms with E-state index in [0.717, 1.165) is 59.2 Å². The minimum Gasteiger partial charge on any atom is -0.497 e. The normalized spacial score (nSPS) is 17.4. The fourth-order valence-corrected chi connectivity index (χ4v) is 6.18. The fourth-order valence-electron chi connectivity index (χ4n) is 4.09. The molecule has 0 atom stereocenters. The topological polar surface area (TPSA) is 81.5 Å². The number of rotatable bonds is 5. The highest BCUT2D eigenvalue weighted by Crippen LogP contribution is 2.34. The highest BCUT2D eigenvalue weighted by Gasteiger charge is 2.34. The highest BCUT2D eigenvalue weighted by atomic mass is 32.2. The molecule has 3 heterocycles. The molecule has 0 radical (unpaired) electrons. The molecule has 1 aromatic carbocycles. The number of aryl methyl sites for hydroxylation is 2. The highest BCUT2D eigenvalue weighted by molar-refractivity contribution is 8.18. The number of benzene rings is 1. The van der Waals surface area contributed by atoms with Crippen LogP contribution in [-0.2, 0) is 24.2 Å². The summed E-state index contributed by atoms with van der Waals surface area (Å²) in [6, 6.07) is 7.26. The molecule has 1 aliphatic heterocycles. The summed E-state index contributed by atoms with van der Waals surface area (Å²) in [5.74, 6) is 0.379.